The van der Waals surface area contributed by atoms with Crippen molar-refractivity contribution in [1.29, 1.82) is 0 Å². The van der Waals surface area contributed by atoms with E-state index in [0.717, 1.165) is 29.0 Å². The van der Waals surface area contributed by atoms with Gasteiger partial charge >= 0.3 is 23.5 Å². The van der Waals surface area contributed by atoms with Gasteiger partial charge in [0.15, 0.2) is 22.8 Å². The SMILES string of the molecule is CC(O)CC(=O)SCCNC(=O)CCNC(=O)C(O)C(C)(C)COP(=O)(O)OP(=O)(O)OC[C@H]1O[C@@H](n2cnc3c(N)ncnc32)[C@H](O)[C@@H]1OP(=O)(O)O. The summed E-state index contributed by atoms with van der Waals surface area (Å²) in [7, 11) is -16.4. The Balaban J connectivity index is 1.51. The summed E-state index contributed by atoms with van der Waals surface area (Å²) in [4.78, 5) is 86.9. The smallest absolute Gasteiger partial charge is 0.393 e. The number of phosphoric ester groups is 3. The molecular formula is C25H42N7O18P3S. The Morgan fingerprint density at radius 3 is 2.37 bits per heavy atom. The van der Waals surface area contributed by atoms with Gasteiger partial charge in [0.1, 0.15) is 36.3 Å². The molecule has 1 aliphatic rings. The van der Waals surface area contributed by atoms with E-state index in [1.807, 2.05) is 0 Å². The van der Waals surface area contributed by atoms with Gasteiger partial charge in [0.25, 0.3) is 0 Å². The third-order valence-corrected chi connectivity index (χ3v) is 11.2. The van der Waals surface area contributed by atoms with Crippen molar-refractivity contribution in [2.24, 2.45) is 5.41 Å². The minimum Gasteiger partial charge on any atom is -0.393 e. The Hall–Kier alpha value is -2.48. The van der Waals surface area contributed by atoms with Gasteiger partial charge in [-0.2, -0.15) is 4.31 Å². The second-order valence-electron chi connectivity index (χ2n) is 12.3. The zero-order chi connectivity index (χ0) is 40.6. The van der Waals surface area contributed by atoms with E-state index in [1.54, 1.807) is 0 Å². The molecule has 0 radical (unpaired) electrons. The van der Waals surface area contributed by atoms with Crippen LogP contribution >= 0.6 is 35.2 Å². The molecule has 0 saturated carbocycles. The summed E-state index contributed by atoms with van der Waals surface area (Å²) in [5.41, 5.74) is 4.23. The summed E-state index contributed by atoms with van der Waals surface area (Å²) in [6, 6.07) is 0. The first-order chi connectivity index (χ1) is 24.9. The topological polar surface area (TPSA) is 384 Å². The lowest BCUT2D eigenvalue weighted by atomic mass is 9.87. The molecule has 1 aliphatic heterocycles. The number of thioether (sulfide) groups is 1. The minimum absolute atomic E-state index is 0.0259. The van der Waals surface area contributed by atoms with Crippen LogP contribution < -0.4 is 16.4 Å². The highest BCUT2D eigenvalue weighted by Crippen LogP contribution is 2.61. The number of ether oxygens (including phenoxy) is 1. The van der Waals surface area contributed by atoms with Crippen molar-refractivity contribution in [3.63, 3.8) is 0 Å². The average molecular weight is 854 g/mol. The van der Waals surface area contributed by atoms with Gasteiger partial charge < -0.3 is 56.0 Å². The number of amides is 2. The van der Waals surface area contributed by atoms with Crippen LogP contribution in [0.3, 0.4) is 0 Å². The Morgan fingerprint density at radius 1 is 1.06 bits per heavy atom. The fourth-order valence-electron chi connectivity index (χ4n) is 4.60. The third-order valence-electron chi connectivity index (χ3n) is 7.23. The molecule has 1 saturated heterocycles. The van der Waals surface area contributed by atoms with E-state index in [4.69, 9.17) is 19.5 Å². The largest absolute Gasteiger partial charge is 0.481 e. The lowest BCUT2D eigenvalue weighted by molar-refractivity contribution is -0.137. The Labute approximate surface area is 310 Å². The number of aliphatic hydroxyl groups is 3. The molecule has 2 amide bonds. The second kappa shape index (κ2) is 19.1. The summed E-state index contributed by atoms with van der Waals surface area (Å²) in [5, 5.41) is 35.2. The van der Waals surface area contributed by atoms with Crippen LogP contribution in [0.15, 0.2) is 12.7 Å². The molecule has 0 aromatic carbocycles. The lowest BCUT2D eigenvalue weighted by Gasteiger charge is -2.30. The third kappa shape index (κ3) is 13.9. The maximum absolute atomic E-state index is 12.6. The zero-order valence-electron chi connectivity index (χ0n) is 28.8. The molecule has 306 valence electrons. The van der Waals surface area contributed by atoms with Crippen molar-refractivity contribution in [3.8, 4) is 0 Å². The number of phosphoric acid groups is 3. The number of nitrogens with one attached hydrogen (secondary N) is 2. The van der Waals surface area contributed by atoms with Crippen LogP contribution in [0.4, 0.5) is 5.82 Å². The molecule has 1 fully saturated rings. The van der Waals surface area contributed by atoms with Gasteiger partial charge in [-0.1, -0.05) is 25.6 Å². The van der Waals surface area contributed by atoms with Crippen molar-refractivity contribution >= 4 is 69.1 Å². The molecule has 0 bridgehead atoms. The second-order valence-corrected chi connectivity index (χ2v) is 17.7. The van der Waals surface area contributed by atoms with E-state index in [0.29, 0.717) is 0 Å². The number of carbonyl (C=O) groups is 3. The number of anilines is 1. The molecule has 29 heteroatoms. The van der Waals surface area contributed by atoms with Gasteiger partial charge in [0.05, 0.1) is 25.6 Å². The molecule has 4 unspecified atom stereocenters. The number of hydrogen-bond donors (Lipinski definition) is 10. The summed E-state index contributed by atoms with van der Waals surface area (Å²) < 4.78 is 61.9. The molecule has 54 heavy (non-hydrogen) atoms. The lowest BCUT2D eigenvalue weighted by Crippen LogP contribution is -2.46. The minimum atomic E-state index is -5.57. The fourth-order valence-corrected chi connectivity index (χ4v) is 8.22. The summed E-state index contributed by atoms with van der Waals surface area (Å²) >= 11 is 0.939. The van der Waals surface area contributed by atoms with Crippen molar-refractivity contribution < 1.29 is 85.6 Å². The standard InChI is InChI=1S/C25H42N7O18P3S/c1-13(33)8-16(35)54-7-6-27-15(34)4-5-28-23(38)20(37)25(2,3)10-47-53(44,45)50-52(42,43)46-9-14-19(49-51(39,40)41)18(36)24(48-14)32-12-31-17-21(26)29-11-30-22(17)32/h11-14,18-20,24,33,36-37H,4-10H2,1-3H3,(H,27,34)(H,28,38)(H,42,43)(H,44,45)(H2,26,29,30)(H2,39,40,41)/t13?,14-,18-,19-,20?,24-/m1/s1. The summed E-state index contributed by atoms with van der Waals surface area (Å²) in [6.45, 7) is 1.83. The first-order valence-electron chi connectivity index (χ1n) is 15.6. The molecule has 2 aromatic rings. The average Bonchev–Trinajstić information content (AvgIpc) is 3.60. The van der Waals surface area contributed by atoms with Crippen LogP contribution in [-0.4, -0.2) is 134 Å². The molecule has 11 N–H and O–H groups in total. The van der Waals surface area contributed by atoms with Crippen LogP contribution in [0.25, 0.3) is 11.2 Å². The molecule has 25 nitrogen and oxygen atoms in total. The zero-order valence-corrected chi connectivity index (χ0v) is 32.3. The van der Waals surface area contributed by atoms with Crippen LogP contribution in [0, 0.1) is 5.41 Å². The molecule has 2 aromatic heterocycles. The first-order valence-corrected chi connectivity index (χ1v) is 21.1. The van der Waals surface area contributed by atoms with E-state index in [9.17, 15) is 63.0 Å². The van der Waals surface area contributed by atoms with Crippen LogP contribution in [-0.2, 0) is 50.7 Å². The van der Waals surface area contributed by atoms with Gasteiger partial charge in [-0.15, -0.1) is 0 Å². The number of fused-ring (bicyclic) bond motifs is 1. The Kier molecular flexibility index (Phi) is 16.2. The van der Waals surface area contributed by atoms with Gasteiger partial charge in [-0.25, -0.2) is 28.6 Å². The van der Waals surface area contributed by atoms with Crippen molar-refractivity contribution in [3.05, 3.63) is 12.7 Å². The van der Waals surface area contributed by atoms with E-state index in [2.05, 4.69) is 34.4 Å². The number of nitrogen functional groups attached to an aromatic ring is 1. The van der Waals surface area contributed by atoms with Gasteiger partial charge in [0, 0.05) is 37.1 Å². The van der Waals surface area contributed by atoms with E-state index in [-0.39, 0.29) is 53.8 Å². The molecule has 0 spiro atoms. The Morgan fingerprint density at radius 2 is 1.72 bits per heavy atom. The van der Waals surface area contributed by atoms with Gasteiger partial charge in [-0.05, 0) is 6.92 Å². The number of nitrogens with zero attached hydrogens (tertiary/aromatic N) is 4. The monoisotopic (exact) mass is 853 g/mol. The maximum atomic E-state index is 12.6. The molecule has 0 aliphatic carbocycles. The highest BCUT2D eigenvalue weighted by atomic mass is 32.2. The quantitative estimate of drug-likeness (QED) is 0.0501. The highest BCUT2D eigenvalue weighted by molar-refractivity contribution is 8.13. The number of aromatic nitrogens is 4. The van der Waals surface area contributed by atoms with E-state index in [1.165, 1.54) is 20.8 Å². The number of rotatable bonds is 21. The fraction of sp³-hybridized carbons (Fsp3) is 0.680. The van der Waals surface area contributed by atoms with Gasteiger partial charge in [0.2, 0.25) is 11.8 Å². The molecular weight excluding hydrogens is 811 g/mol. The highest BCUT2D eigenvalue weighted by Gasteiger charge is 2.50. The Bertz CT molecular complexity index is 1780. The van der Waals surface area contributed by atoms with Crippen LogP contribution in [0.2, 0.25) is 0 Å². The van der Waals surface area contributed by atoms with Crippen molar-refractivity contribution in [2.75, 3.05) is 37.8 Å². The number of hydrogen-bond acceptors (Lipinski definition) is 19. The van der Waals surface area contributed by atoms with Crippen LogP contribution in [0.5, 0.6) is 0 Å². The molecule has 3 rings (SSSR count). The predicted molar refractivity (Wildman–Crippen MR) is 183 cm³/mol. The predicted octanol–water partition coefficient (Wildman–Crippen LogP) is -1.56. The normalized spacial score (nSPS) is 22.6. The molecule has 8 atom stereocenters. The maximum Gasteiger partial charge on any atom is 0.481 e. The molecule has 3 heterocycles. The number of imidazole rings is 1. The van der Waals surface area contributed by atoms with Crippen molar-refractivity contribution in [2.45, 2.75) is 70.4 Å². The first kappa shape index (κ1) is 45.9. The number of aliphatic hydroxyl groups excluding tert-OH is 3. The van der Waals surface area contributed by atoms with Crippen molar-refractivity contribution in [1.82, 2.24) is 30.2 Å². The number of carbonyl (C=O) groups excluding carboxylic acids is 3. The summed E-state index contributed by atoms with van der Waals surface area (Å²) in [6.07, 6.45) is -7.79. The number of nitrogens with two attached hydrogens (primary N) is 1. The van der Waals surface area contributed by atoms with Crippen LogP contribution in [0.1, 0.15) is 39.8 Å². The van der Waals surface area contributed by atoms with E-state index >= 15 is 0 Å². The van der Waals surface area contributed by atoms with Gasteiger partial charge in [-0.3, -0.25) is 32.5 Å². The van der Waals surface area contributed by atoms with E-state index < -0.39 is 90.7 Å². The summed E-state index contributed by atoms with van der Waals surface area (Å²) in [5.74, 6) is -1.25.